The standard InChI is InChI=1S/C14H21NO4S2/c1-10-8-11(2)14(12(3)9-10)21(18,19)15-5-7-20-6-4-13(16)17/h8-9,15H,4-7H2,1-3H3,(H,16,17). The molecule has 0 aromatic heterocycles. The number of sulfonamides is 1. The lowest BCUT2D eigenvalue weighted by molar-refractivity contribution is -0.136. The Hall–Kier alpha value is -1.05. The maximum atomic E-state index is 12.3. The third kappa shape index (κ3) is 5.68. The Morgan fingerprint density at radius 3 is 2.29 bits per heavy atom. The Morgan fingerprint density at radius 1 is 1.19 bits per heavy atom. The number of aryl methyl sites for hydroxylation is 3. The number of benzene rings is 1. The summed E-state index contributed by atoms with van der Waals surface area (Å²) in [5.74, 6) is 0.199. The molecule has 0 bridgehead atoms. The minimum absolute atomic E-state index is 0.0909. The highest BCUT2D eigenvalue weighted by atomic mass is 32.2. The van der Waals surface area contributed by atoms with Crippen LogP contribution in [0.4, 0.5) is 0 Å². The van der Waals surface area contributed by atoms with Crippen LogP contribution in [0, 0.1) is 20.8 Å². The van der Waals surface area contributed by atoms with Gasteiger partial charge in [0, 0.05) is 18.1 Å². The monoisotopic (exact) mass is 331 g/mol. The fourth-order valence-electron chi connectivity index (χ4n) is 2.17. The molecule has 0 fully saturated rings. The van der Waals surface area contributed by atoms with E-state index in [-0.39, 0.29) is 6.42 Å². The van der Waals surface area contributed by atoms with Gasteiger partial charge in [0.1, 0.15) is 0 Å². The largest absolute Gasteiger partial charge is 0.481 e. The van der Waals surface area contributed by atoms with Crippen molar-refractivity contribution in [1.82, 2.24) is 4.72 Å². The maximum Gasteiger partial charge on any atom is 0.304 e. The Balaban J connectivity index is 2.61. The molecule has 1 aromatic carbocycles. The first-order valence-corrected chi connectivity index (χ1v) is 9.25. The average molecular weight is 331 g/mol. The number of hydrogen-bond donors (Lipinski definition) is 2. The Labute approximate surface area is 130 Å². The quantitative estimate of drug-likeness (QED) is 0.713. The molecule has 0 saturated carbocycles. The molecule has 118 valence electrons. The molecule has 21 heavy (non-hydrogen) atoms. The van der Waals surface area contributed by atoms with Gasteiger partial charge < -0.3 is 5.11 Å². The fraction of sp³-hybridized carbons (Fsp3) is 0.500. The predicted octanol–water partition coefficient (Wildman–Crippen LogP) is 2.10. The lowest BCUT2D eigenvalue weighted by Gasteiger charge is -2.13. The smallest absolute Gasteiger partial charge is 0.304 e. The van der Waals surface area contributed by atoms with Gasteiger partial charge in [-0.15, -0.1) is 0 Å². The van der Waals surface area contributed by atoms with E-state index in [2.05, 4.69) is 4.72 Å². The van der Waals surface area contributed by atoms with E-state index in [1.165, 1.54) is 11.8 Å². The molecule has 0 atom stereocenters. The number of rotatable bonds is 8. The van der Waals surface area contributed by atoms with Gasteiger partial charge in [0.2, 0.25) is 10.0 Å². The van der Waals surface area contributed by atoms with Crippen molar-refractivity contribution in [3.63, 3.8) is 0 Å². The van der Waals surface area contributed by atoms with Crippen LogP contribution in [0.25, 0.3) is 0 Å². The molecular formula is C14H21NO4S2. The summed E-state index contributed by atoms with van der Waals surface area (Å²) in [6, 6.07) is 3.70. The van der Waals surface area contributed by atoms with E-state index in [1.807, 2.05) is 19.1 Å². The van der Waals surface area contributed by atoms with Crippen molar-refractivity contribution in [2.24, 2.45) is 0 Å². The van der Waals surface area contributed by atoms with Crippen molar-refractivity contribution >= 4 is 27.8 Å². The summed E-state index contributed by atoms with van der Waals surface area (Å²) in [5.41, 5.74) is 2.50. The zero-order valence-corrected chi connectivity index (χ0v) is 14.1. The third-order valence-corrected chi connectivity index (χ3v) is 5.62. The summed E-state index contributed by atoms with van der Waals surface area (Å²) in [6.45, 7) is 5.80. The van der Waals surface area contributed by atoms with E-state index in [0.29, 0.717) is 22.9 Å². The van der Waals surface area contributed by atoms with Gasteiger partial charge >= 0.3 is 5.97 Å². The molecule has 7 heteroatoms. The molecule has 0 heterocycles. The van der Waals surface area contributed by atoms with Crippen LogP contribution in [0.5, 0.6) is 0 Å². The SMILES string of the molecule is Cc1cc(C)c(S(=O)(=O)NCCSCCC(=O)O)c(C)c1. The number of aliphatic carboxylic acids is 1. The molecule has 5 nitrogen and oxygen atoms in total. The topological polar surface area (TPSA) is 83.5 Å². The lowest BCUT2D eigenvalue weighted by atomic mass is 10.1. The number of thioether (sulfide) groups is 1. The van der Waals surface area contributed by atoms with Crippen molar-refractivity contribution in [3.05, 3.63) is 28.8 Å². The highest BCUT2D eigenvalue weighted by Crippen LogP contribution is 2.21. The fourth-order valence-corrected chi connectivity index (χ4v) is 4.55. The van der Waals surface area contributed by atoms with Gasteiger partial charge in [-0.2, -0.15) is 11.8 Å². The van der Waals surface area contributed by atoms with Crippen LogP contribution in [-0.2, 0) is 14.8 Å². The Kier molecular flexibility index (Phi) is 6.70. The van der Waals surface area contributed by atoms with Crippen molar-refractivity contribution in [2.75, 3.05) is 18.1 Å². The molecule has 0 aliphatic carbocycles. The van der Waals surface area contributed by atoms with E-state index < -0.39 is 16.0 Å². The first-order valence-electron chi connectivity index (χ1n) is 6.61. The van der Waals surface area contributed by atoms with Crippen LogP contribution in [0.15, 0.2) is 17.0 Å². The highest BCUT2D eigenvalue weighted by Gasteiger charge is 2.19. The van der Waals surface area contributed by atoms with Crippen molar-refractivity contribution in [2.45, 2.75) is 32.1 Å². The van der Waals surface area contributed by atoms with Gasteiger partial charge in [0.15, 0.2) is 0 Å². The van der Waals surface area contributed by atoms with Crippen LogP contribution in [0.2, 0.25) is 0 Å². The number of hydrogen-bond acceptors (Lipinski definition) is 4. The highest BCUT2D eigenvalue weighted by molar-refractivity contribution is 7.99. The lowest BCUT2D eigenvalue weighted by Crippen LogP contribution is -2.27. The molecule has 0 unspecified atom stereocenters. The Bertz CT molecular complexity index is 588. The van der Waals surface area contributed by atoms with Crippen molar-refractivity contribution < 1.29 is 18.3 Å². The summed E-state index contributed by atoms with van der Waals surface area (Å²) < 4.78 is 27.2. The van der Waals surface area contributed by atoms with Crippen LogP contribution >= 0.6 is 11.8 Å². The van der Waals surface area contributed by atoms with Crippen LogP contribution in [0.1, 0.15) is 23.1 Å². The minimum atomic E-state index is -3.52. The summed E-state index contributed by atoms with van der Waals surface area (Å²) >= 11 is 1.42. The van der Waals surface area contributed by atoms with Gasteiger partial charge in [0.25, 0.3) is 0 Å². The first kappa shape index (κ1) is 18.0. The summed E-state index contributed by atoms with van der Waals surface area (Å²) in [4.78, 5) is 10.7. The van der Waals surface area contributed by atoms with E-state index in [1.54, 1.807) is 13.8 Å². The van der Waals surface area contributed by atoms with Crippen LogP contribution < -0.4 is 4.72 Å². The number of carboxylic acids is 1. The first-order chi connectivity index (χ1) is 9.74. The number of nitrogens with one attached hydrogen (secondary N) is 1. The minimum Gasteiger partial charge on any atom is -0.481 e. The van der Waals surface area contributed by atoms with Crippen LogP contribution in [-0.4, -0.2) is 37.5 Å². The normalized spacial score (nSPS) is 11.6. The zero-order chi connectivity index (χ0) is 16.0. The molecular weight excluding hydrogens is 310 g/mol. The molecule has 1 aromatic rings. The van der Waals surface area contributed by atoms with Gasteiger partial charge in [-0.1, -0.05) is 17.7 Å². The molecule has 0 spiro atoms. The summed E-state index contributed by atoms with van der Waals surface area (Å²) in [7, 11) is -3.52. The van der Waals surface area contributed by atoms with E-state index in [4.69, 9.17) is 5.11 Å². The van der Waals surface area contributed by atoms with Gasteiger partial charge in [-0.25, -0.2) is 13.1 Å². The van der Waals surface area contributed by atoms with Gasteiger partial charge in [-0.3, -0.25) is 4.79 Å². The van der Waals surface area contributed by atoms with Gasteiger partial charge in [-0.05, 0) is 31.9 Å². The average Bonchev–Trinajstić information content (AvgIpc) is 2.31. The van der Waals surface area contributed by atoms with Gasteiger partial charge in [0.05, 0.1) is 11.3 Å². The predicted molar refractivity (Wildman–Crippen MR) is 85.4 cm³/mol. The van der Waals surface area contributed by atoms with Crippen molar-refractivity contribution in [3.8, 4) is 0 Å². The molecule has 0 aliphatic heterocycles. The second-order valence-corrected chi connectivity index (χ2v) is 7.81. The number of carboxylic acid groups (broad SMARTS) is 1. The second-order valence-electron chi connectivity index (χ2n) is 4.88. The summed E-state index contributed by atoms with van der Waals surface area (Å²) in [6.07, 6.45) is 0.0909. The van der Waals surface area contributed by atoms with E-state index in [0.717, 1.165) is 16.7 Å². The Morgan fingerprint density at radius 2 is 1.76 bits per heavy atom. The molecule has 2 N–H and O–H groups in total. The maximum absolute atomic E-state index is 12.3. The molecule has 0 aliphatic rings. The summed E-state index contributed by atoms with van der Waals surface area (Å²) in [5, 5.41) is 8.51. The van der Waals surface area contributed by atoms with E-state index in [9.17, 15) is 13.2 Å². The van der Waals surface area contributed by atoms with Crippen molar-refractivity contribution in [1.29, 1.82) is 0 Å². The van der Waals surface area contributed by atoms with Crippen LogP contribution in [0.3, 0.4) is 0 Å². The number of carbonyl (C=O) groups is 1. The zero-order valence-electron chi connectivity index (χ0n) is 12.5. The molecule has 0 radical (unpaired) electrons. The second kappa shape index (κ2) is 7.82. The molecule has 0 saturated heterocycles. The molecule has 1 rings (SSSR count). The van der Waals surface area contributed by atoms with E-state index >= 15 is 0 Å². The third-order valence-electron chi connectivity index (χ3n) is 2.87. The molecule has 0 amide bonds.